The molecule has 1 heterocycles. The molecular formula is C17H23N3O3. The van der Waals surface area contributed by atoms with Crippen LogP contribution in [0.2, 0.25) is 0 Å². The Morgan fingerprint density at radius 3 is 2.87 bits per heavy atom. The fourth-order valence-electron chi connectivity index (χ4n) is 3.16. The quantitative estimate of drug-likeness (QED) is 0.881. The van der Waals surface area contributed by atoms with Crippen LogP contribution in [-0.4, -0.2) is 31.0 Å². The van der Waals surface area contributed by atoms with Crippen LogP contribution in [0.25, 0.3) is 0 Å². The first-order valence-electron chi connectivity index (χ1n) is 8.16. The first kappa shape index (κ1) is 15.8. The van der Waals surface area contributed by atoms with Crippen molar-refractivity contribution >= 4 is 17.5 Å². The van der Waals surface area contributed by atoms with E-state index in [1.807, 2.05) is 25.1 Å². The van der Waals surface area contributed by atoms with Crippen molar-refractivity contribution in [2.75, 3.05) is 18.1 Å². The first-order valence-corrected chi connectivity index (χ1v) is 8.16. The Balaban J connectivity index is 1.77. The third-order valence-corrected chi connectivity index (χ3v) is 4.47. The normalized spacial score (nSPS) is 19.2. The molecule has 6 nitrogen and oxygen atoms in total. The molecule has 0 spiro atoms. The predicted molar refractivity (Wildman–Crippen MR) is 87.3 cm³/mol. The molecule has 124 valence electrons. The van der Waals surface area contributed by atoms with Crippen molar-refractivity contribution in [3.63, 3.8) is 0 Å². The minimum Gasteiger partial charge on any atom is -0.482 e. The van der Waals surface area contributed by atoms with Crippen molar-refractivity contribution in [3.8, 4) is 5.75 Å². The maximum Gasteiger partial charge on any atom is 0.265 e. The van der Waals surface area contributed by atoms with Gasteiger partial charge in [0.2, 0.25) is 5.91 Å². The number of nitrogens with zero attached hydrogens (tertiary/aromatic N) is 1. The fourth-order valence-corrected chi connectivity index (χ4v) is 3.16. The molecule has 3 N–H and O–H groups in total. The number of carbonyl (C=O) groups is 2. The summed E-state index contributed by atoms with van der Waals surface area (Å²) in [5, 5.41) is 3.02. The third-order valence-electron chi connectivity index (χ3n) is 4.47. The second-order valence-electron chi connectivity index (χ2n) is 6.33. The summed E-state index contributed by atoms with van der Waals surface area (Å²) in [7, 11) is 0. The summed E-state index contributed by atoms with van der Waals surface area (Å²) in [6.45, 7) is 1.86. The number of carbonyl (C=O) groups excluding carboxylic acids is 2. The predicted octanol–water partition coefficient (Wildman–Crippen LogP) is 1.49. The Kier molecular flexibility index (Phi) is 4.52. The highest BCUT2D eigenvalue weighted by Crippen LogP contribution is 2.34. The summed E-state index contributed by atoms with van der Waals surface area (Å²) in [5.74, 6) is 0.285. The van der Waals surface area contributed by atoms with Crippen molar-refractivity contribution < 1.29 is 14.3 Å². The molecule has 2 aliphatic rings. The van der Waals surface area contributed by atoms with Gasteiger partial charge in [0.05, 0.1) is 5.69 Å². The van der Waals surface area contributed by atoms with E-state index in [0.717, 1.165) is 31.2 Å². The monoisotopic (exact) mass is 317 g/mol. The van der Waals surface area contributed by atoms with Gasteiger partial charge in [-0.15, -0.1) is 0 Å². The smallest absolute Gasteiger partial charge is 0.265 e. The molecule has 1 aromatic rings. The number of nitrogens with two attached hydrogens (primary N) is 1. The zero-order valence-electron chi connectivity index (χ0n) is 13.4. The molecule has 1 aliphatic heterocycles. The van der Waals surface area contributed by atoms with Gasteiger partial charge < -0.3 is 15.8 Å². The van der Waals surface area contributed by atoms with E-state index in [-0.39, 0.29) is 37.0 Å². The first-order chi connectivity index (χ1) is 11.0. The topological polar surface area (TPSA) is 84.7 Å². The Hall–Kier alpha value is -2.08. The average Bonchev–Trinajstić information content (AvgIpc) is 3.02. The van der Waals surface area contributed by atoms with Crippen LogP contribution in [0.1, 0.15) is 44.2 Å². The highest BCUT2D eigenvalue weighted by molar-refractivity contribution is 6.02. The van der Waals surface area contributed by atoms with Crippen LogP contribution in [0.15, 0.2) is 18.2 Å². The summed E-state index contributed by atoms with van der Waals surface area (Å²) in [5.41, 5.74) is 7.44. The molecule has 1 aromatic carbocycles. The van der Waals surface area contributed by atoms with Crippen LogP contribution in [-0.2, 0) is 9.59 Å². The molecule has 0 aromatic heterocycles. The van der Waals surface area contributed by atoms with Crippen LogP contribution in [0, 0.1) is 0 Å². The summed E-state index contributed by atoms with van der Waals surface area (Å²) in [4.78, 5) is 26.0. The summed E-state index contributed by atoms with van der Waals surface area (Å²) in [6, 6.07) is 5.62. The molecule has 0 bridgehead atoms. The highest BCUT2D eigenvalue weighted by Gasteiger charge is 2.28. The van der Waals surface area contributed by atoms with Crippen LogP contribution >= 0.6 is 0 Å². The van der Waals surface area contributed by atoms with Crippen molar-refractivity contribution in [3.05, 3.63) is 23.8 Å². The van der Waals surface area contributed by atoms with Gasteiger partial charge in [-0.25, -0.2) is 0 Å². The molecule has 1 atom stereocenters. The van der Waals surface area contributed by atoms with Crippen LogP contribution in [0.5, 0.6) is 5.75 Å². The lowest BCUT2D eigenvalue weighted by Gasteiger charge is -2.30. The Labute approximate surface area is 136 Å². The van der Waals surface area contributed by atoms with Gasteiger partial charge in [0.25, 0.3) is 5.91 Å². The van der Waals surface area contributed by atoms with Gasteiger partial charge in [0.1, 0.15) is 12.3 Å². The van der Waals surface area contributed by atoms with E-state index in [0.29, 0.717) is 11.4 Å². The number of rotatable bonds is 4. The molecule has 1 saturated carbocycles. The number of fused-ring (bicyclic) bond motifs is 1. The van der Waals surface area contributed by atoms with Crippen LogP contribution in [0.4, 0.5) is 5.69 Å². The third kappa shape index (κ3) is 3.47. The van der Waals surface area contributed by atoms with E-state index in [2.05, 4.69) is 5.32 Å². The fraction of sp³-hybridized carbons (Fsp3) is 0.529. The number of hydrogen-bond donors (Lipinski definition) is 2. The summed E-state index contributed by atoms with van der Waals surface area (Å²) < 4.78 is 5.45. The molecule has 2 amide bonds. The summed E-state index contributed by atoms with van der Waals surface area (Å²) in [6.07, 6.45) is 4.35. The number of ether oxygens (including phenoxy) is 1. The van der Waals surface area contributed by atoms with Gasteiger partial charge in [-0.3, -0.25) is 14.5 Å². The maximum absolute atomic E-state index is 12.3. The zero-order chi connectivity index (χ0) is 16.4. The number of nitrogens with one attached hydrogen (secondary N) is 1. The minimum absolute atomic E-state index is 0.0219. The number of hydrogen-bond acceptors (Lipinski definition) is 4. The minimum atomic E-state index is -0.208. The van der Waals surface area contributed by atoms with E-state index in [4.69, 9.17) is 10.5 Å². The summed E-state index contributed by atoms with van der Waals surface area (Å²) >= 11 is 0. The Bertz CT molecular complexity index is 609. The lowest BCUT2D eigenvalue weighted by Crippen LogP contribution is -2.47. The average molecular weight is 317 g/mol. The van der Waals surface area contributed by atoms with Gasteiger partial charge in [-0.05, 0) is 37.5 Å². The number of benzene rings is 1. The Morgan fingerprint density at radius 1 is 1.43 bits per heavy atom. The SMILES string of the molecule is CC(N)c1ccc2c(c1)N(CC(=O)NC1CCCC1)C(=O)CO2. The highest BCUT2D eigenvalue weighted by atomic mass is 16.5. The largest absolute Gasteiger partial charge is 0.482 e. The van der Waals surface area contributed by atoms with Gasteiger partial charge >= 0.3 is 0 Å². The van der Waals surface area contributed by atoms with Crippen molar-refractivity contribution in [2.24, 2.45) is 5.73 Å². The molecule has 1 fully saturated rings. The molecule has 6 heteroatoms. The Morgan fingerprint density at radius 2 is 2.17 bits per heavy atom. The lowest BCUT2D eigenvalue weighted by atomic mass is 10.1. The second kappa shape index (κ2) is 6.58. The molecule has 3 rings (SSSR count). The number of anilines is 1. The molecule has 23 heavy (non-hydrogen) atoms. The van der Waals surface area contributed by atoms with Crippen molar-refractivity contribution in [1.82, 2.24) is 5.32 Å². The lowest BCUT2D eigenvalue weighted by molar-refractivity contribution is -0.125. The van der Waals surface area contributed by atoms with Crippen LogP contribution < -0.4 is 20.7 Å². The zero-order valence-corrected chi connectivity index (χ0v) is 13.4. The molecular weight excluding hydrogens is 294 g/mol. The molecule has 0 saturated heterocycles. The van der Waals surface area contributed by atoms with Gasteiger partial charge in [0, 0.05) is 12.1 Å². The van der Waals surface area contributed by atoms with Gasteiger partial charge in [-0.1, -0.05) is 18.9 Å². The molecule has 0 radical (unpaired) electrons. The number of amides is 2. The van der Waals surface area contributed by atoms with Crippen LogP contribution in [0.3, 0.4) is 0 Å². The van der Waals surface area contributed by atoms with E-state index in [1.54, 1.807) is 0 Å². The molecule has 1 aliphatic carbocycles. The standard InChI is InChI=1S/C17H23N3O3/c1-11(18)12-6-7-15-14(8-12)20(17(22)10-23-15)9-16(21)19-13-4-2-3-5-13/h6-8,11,13H,2-5,9-10,18H2,1H3,(H,19,21). The van der Waals surface area contributed by atoms with Gasteiger partial charge in [0.15, 0.2) is 6.61 Å². The van der Waals surface area contributed by atoms with E-state index in [1.165, 1.54) is 4.90 Å². The molecule has 1 unspecified atom stereocenters. The van der Waals surface area contributed by atoms with Crippen molar-refractivity contribution in [2.45, 2.75) is 44.7 Å². The van der Waals surface area contributed by atoms with Crippen molar-refractivity contribution in [1.29, 1.82) is 0 Å². The second-order valence-corrected chi connectivity index (χ2v) is 6.33. The van der Waals surface area contributed by atoms with E-state index in [9.17, 15) is 9.59 Å². The maximum atomic E-state index is 12.3. The van der Waals surface area contributed by atoms with E-state index >= 15 is 0 Å². The van der Waals surface area contributed by atoms with Gasteiger partial charge in [-0.2, -0.15) is 0 Å². The van der Waals surface area contributed by atoms with E-state index < -0.39 is 0 Å².